The second-order valence-corrected chi connectivity index (χ2v) is 11.8. The van der Waals surface area contributed by atoms with E-state index in [-0.39, 0.29) is 18.9 Å². The number of nitrogens with zero attached hydrogens (tertiary/aromatic N) is 5. The maximum atomic E-state index is 14.5. The van der Waals surface area contributed by atoms with Crippen LogP contribution in [0, 0.1) is 0 Å². The summed E-state index contributed by atoms with van der Waals surface area (Å²) in [6, 6.07) is 26.9. The average molecular weight is 650 g/mol. The average Bonchev–Trinajstić information content (AvgIpc) is 3.52. The van der Waals surface area contributed by atoms with Crippen LogP contribution in [0.3, 0.4) is 0 Å². The van der Waals surface area contributed by atoms with Crippen LogP contribution in [-0.2, 0) is 48.7 Å². The van der Waals surface area contributed by atoms with E-state index in [0.717, 1.165) is 40.2 Å². The first-order chi connectivity index (χ1) is 23.2. The number of hydrogen-bond donors (Lipinski definition) is 0. The Morgan fingerprint density at radius 1 is 0.896 bits per heavy atom. The third-order valence-electron chi connectivity index (χ3n) is 8.64. The molecule has 2 amide bonds. The summed E-state index contributed by atoms with van der Waals surface area (Å²) in [5.41, 5.74) is 5.23. The van der Waals surface area contributed by atoms with E-state index in [1.54, 1.807) is 33.9 Å². The van der Waals surface area contributed by atoms with Gasteiger partial charge in [0.25, 0.3) is 0 Å². The minimum absolute atomic E-state index is 0.122. The molecule has 0 aliphatic carbocycles. The van der Waals surface area contributed by atoms with Crippen LogP contribution >= 0.6 is 0 Å². The van der Waals surface area contributed by atoms with Crippen molar-refractivity contribution in [3.8, 4) is 11.3 Å². The lowest BCUT2D eigenvalue weighted by Crippen LogP contribution is -2.52. The molecule has 244 valence electrons. The molecule has 0 saturated carbocycles. The molecule has 3 heterocycles. The Kier molecular flexibility index (Phi) is 9.52. The summed E-state index contributed by atoms with van der Waals surface area (Å²) in [6.45, 7) is 1.07. The van der Waals surface area contributed by atoms with E-state index in [0.29, 0.717) is 25.1 Å². The number of aromatic nitrogens is 3. The zero-order valence-corrected chi connectivity index (χ0v) is 26.3. The predicted octanol–water partition coefficient (Wildman–Crippen LogP) is 6.74. The van der Waals surface area contributed by atoms with Gasteiger partial charge in [0, 0.05) is 62.8 Å². The third kappa shape index (κ3) is 7.54. The van der Waals surface area contributed by atoms with Gasteiger partial charge in [-0.3, -0.25) is 19.3 Å². The quantitative estimate of drug-likeness (QED) is 0.166. The summed E-state index contributed by atoms with van der Waals surface area (Å²) in [6.07, 6.45) is 2.63. The van der Waals surface area contributed by atoms with Crippen LogP contribution in [0.2, 0.25) is 0 Å². The molecule has 0 radical (unpaired) electrons. The van der Waals surface area contributed by atoms with Crippen LogP contribution in [0.25, 0.3) is 17.3 Å². The molecule has 3 aromatic carbocycles. The second-order valence-electron chi connectivity index (χ2n) is 11.8. The number of rotatable bonds is 9. The Balaban J connectivity index is 1.34. The van der Waals surface area contributed by atoms with E-state index in [1.165, 1.54) is 29.8 Å². The number of halogens is 3. The van der Waals surface area contributed by atoms with Crippen molar-refractivity contribution in [2.24, 2.45) is 7.05 Å². The number of hydrogen-bond acceptors (Lipinski definition) is 4. The van der Waals surface area contributed by atoms with Crippen molar-refractivity contribution in [2.75, 3.05) is 6.54 Å². The highest BCUT2D eigenvalue weighted by Crippen LogP contribution is 2.29. The molecular weight excluding hydrogens is 615 g/mol. The number of aryl methyl sites for hydroxylation is 1. The molecule has 5 aromatic rings. The van der Waals surface area contributed by atoms with E-state index in [4.69, 9.17) is 0 Å². The Hall–Kier alpha value is -5.51. The van der Waals surface area contributed by atoms with Gasteiger partial charge in [-0.15, -0.1) is 0 Å². The Labute approximate surface area is 277 Å². The normalized spacial score (nSPS) is 13.7. The van der Waals surface area contributed by atoms with Gasteiger partial charge in [0.1, 0.15) is 6.04 Å². The van der Waals surface area contributed by atoms with Crippen molar-refractivity contribution in [3.63, 3.8) is 0 Å². The number of pyridine rings is 1. The van der Waals surface area contributed by atoms with Crippen LogP contribution in [0.1, 0.15) is 33.5 Å². The number of alkyl halides is 3. The van der Waals surface area contributed by atoms with Crippen molar-refractivity contribution in [3.05, 3.63) is 149 Å². The van der Waals surface area contributed by atoms with Gasteiger partial charge < -0.3 is 9.80 Å². The van der Waals surface area contributed by atoms with Gasteiger partial charge >= 0.3 is 6.18 Å². The molecule has 6 rings (SSSR count). The summed E-state index contributed by atoms with van der Waals surface area (Å²) in [7, 11) is 1.79. The van der Waals surface area contributed by atoms with Gasteiger partial charge in [0.05, 0.1) is 11.3 Å². The monoisotopic (exact) mass is 649 g/mol. The fourth-order valence-electron chi connectivity index (χ4n) is 5.92. The van der Waals surface area contributed by atoms with E-state index in [1.807, 2.05) is 66.7 Å². The zero-order chi connectivity index (χ0) is 33.7. The molecule has 0 saturated heterocycles. The number of carbonyl (C=O) groups excluding carboxylic acids is 2. The molecule has 2 aromatic heterocycles. The Morgan fingerprint density at radius 2 is 1.62 bits per heavy atom. The number of fused-ring (bicyclic) bond motifs is 1. The first kappa shape index (κ1) is 32.4. The number of carbonyl (C=O) groups is 2. The van der Waals surface area contributed by atoms with Gasteiger partial charge in [-0.2, -0.15) is 18.3 Å². The summed E-state index contributed by atoms with van der Waals surface area (Å²) in [5, 5.41) is 4.29. The van der Waals surface area contributed by atoms with Gasteiger partial charge in [-0.1, -0.05) is 66.7 Å². The topological polar surface area (TPSA) is 71.3 Å². The van der Waals surface area contributed by atoms with Crippen molar-refractivity contribution >= 4 is 17.9 Å². The maximum absolute atomic E-state index is 14.5. The molecule has 0 fully saturated rings. The zero-order valence-electron chi connectivity index (χ0n) is 26.3. The lowest BCUT2D eigenvalue weighted by Gasteiger charge is -2.36. The molecule has 0 unspecified atom stereocenters. The van der Waals surface area contributed by atoms with Crippen LogP contribution in [0.4, 0.5) is 13.2 Å². The lowest BCUT2D eigenvalue weighted by atomic mass is 9.98. The Morgan fingerprint density at radius 3 is 2.29 bits per heavy atom. The molecule has 1 aliphatic heterocycles. The van der Waals surface area contributed by atoms with Crippen LogP contribution in [0.15, 0.2) is 116 Å². The molecule has 1 atom stereocenters. The van der Waals surface area contributed by atoms with E-state index >= 15 is 0 Å². The number of benzene rings is 3. The molecular formula is C38H34F3N5O2. The van der Waals surface area contributed by atoms with Crippen molar-refractivity contribution in [1.82, 2.24) is 24.6 Å². The Bertz CT molecular complexity index is 1900. The molecule has 7 nitrogen and oxygen atoms in total. The highest BCUT2D eigenvalue weighted by Gasteiger charge is 2.35. The first-order valence-electron chi connectivity index (χ1n) is 15.6. The molecule has 0 N–H and O–H groups in total. The largest absolute Gasteiger partial charge is 0.416 e. The van der Waals surface area contributed by atoms with Crippen LogP contribution in [0.5, 0.6) is 0 Å². The van der Waals surface area contributed by atoms with Crippen molar-refractivity contribution in [1.29, 1.82) is 0 Å². The maximum Gasteiger partial charge on any atom is 0.416 e. The fraction of sp³-hybridized carbons (Fsp3) is 0.211. The first-order valence-corrected chi connectivity index (χ1v) is 15.6. The SMILES string of the molecule is Cn1nccc1C[C@@H](C(=O)N1CCc2ccccc2C1)N(Cc1ccc(-c2ccccn2)cc1)C(=O)/C=C/c1ccc(C(F)(F)F)cc1. The standard InChI is InChI=1S/C38H34F3N5O2/c1-44-33(19-22-43-44)24-35(37(48)45-23-20-29-6-2-3-7-31(29)26-45)46(25-28-9-14-30(15-10-28)34-8-4-5-21-42-34)36(47)18-13-27-11-16-32(17-12-27)38(39,40)41/h2-19,21-22,35H,20,23-26H2,1H3/b18-13+/t35-/m0/s1. The molecule has 48 heavy (non-hydrogen) atoms. The fourth-order valence-corrected chi connectivity index (χ4v) is 5.92. The van der Waals surface area contributed by atoms with Crippen molar-refractivity contribution < 1.29 is 22.8 Å². The lowest BCUT2D eigenvalue weighted by molar-refractivity contribution is -0.144. The van der Waals surface area contributed by atoms with Crippen molar-refractivity contribution in [2.45, 2.75) is 38.1 Å². The van der Waals surface area contributed by atoms with Gasteiger partial charge in [-0.05, 0) is 65.1 Å². The second kappa shape index (κ2) is 14.1. The van der Waals surface area contributed by atoms with Crippen LogP contribution < -0.4 is 0 Å². The highest BCUT2D eigenvalue weighted by molar-refractivity contribution is 5.95. The number of amides is 2. The molecule has 0 spiro atoms. The highest BCUT2D eigenvalue weighted by atomic mass is 19.4. The van der Waals surface area contributed by atoms with Gasteiger partial charge in [-0.25, -0.2) is 0 Å². The summed E-state index contributed by atoms with van der Waals surface area (Å²) >= 11 is 0. The van der Waals surface area contributed by atoms with Gasteiger partial charge in [0.2, 0.25) is 11.8 Å². The summed E-state index contributed by atoms with van der Waals surface area (Å²) < 4.78 is 41.1. The van der Waals surface area contributed by atoms with E-state index in [2.05, 4.69) is 16.1 Å². The summed E-state index contributed by atoms with van der Waals surface area (Å²) in [4.78, 5) is 36.4. The van der Waals surface area contributed by atoms with Crippen LogP contribution in [-0.4, -0.2) is 49.0 Å². The van der Waals surface area contributed by atoms with E-state index in [9.17, 15) is 22.8 Å². The summed E-state index contributed by atoms with van der Waals surface area (Å²) in [5.74, 6) is -0.631. The minimum Gasteiger partial charge on any atom is -0.336 e. The molecule has 10 heteroatoms. The predicted molar refractivity (Wildman–Crippen MR) is 177 cm³/mol. The molecule has 1 aliphatic rings. The molecule has 0 bridgehead atoms. The smallest absolute Gasteiger partial charge is 0.336 e. The minimum atomic E-state index is -4.46. The van der Waals surface area contributed by atoms with E-state index < -0.39 is 23.7 Å². The third-order valence-corrected chi connectivity index (χ3v) is 8.64. The van der Waals surface area contributed by atoms with Gasteiger partial charge in [0.15, 0.2) is 0 Å².